The van der Waals surface area contributed by atoms with Gasteiger partial charge >= 0.3 is 11.8 Å². The highest BCUT2D eigenvalue weighted by atomic mass is 16.5. The van der Waals surface area contributed by atoms with E-state index in [1.165, 1.54) is 0 Å². The first-order chi connectivity index (χ1) is 13.1. The number of morpholine rings is 1. The monoisotopic (exact) mass is 374 g/mol. The first-order valence-corrected chi connectivity index (χ1v) is 9.41. The molecular weight excluding hydrogens is 348 g/mol. The molecule has 0 radical (unpaired) electrons. The molecule has 1 aromatic rings. The van der Waals surface area contributed by atoms with Gasteiger partial charge in [-0.05, 0) is 12.5 Å². The molecule has 0 aromatic heterocycles. The number of amides is 3. The number of hydrogen-bond donors (Lipinski definition) is 2. The molecule has 1 unspecified atom stereocenters. The molecule has 1 aromatic carbocycles. The van der Waals surface area contributed by atoms with E-state index in [0.717, 1.165) is 30.8 Å². The second-order valence-corrected chi connectivity index (χ2v) is 6.67. The van der Waals surface area contributed by atoms with E-state index >= 15 is 0 Å². The zero-order valence-electron chi connectivity index (χ0n) is 15.6. The van der Waals surface area contributed by atoms with E-state index in [1.54, 1.807) is 4.90 Å². The highest BCUT2D eigenvalue weighted by Crippen LogP contribution is 2.35. The quantitative estimate of drug-likeness (QED) is 0.687. The molecule has 0 bridgehead atoms. The Labute approximate surface area is 158 Å². The summed E-state index contributed by atoms with van der Waals surface area (Å²) in [6, 6.07) is 6.53. The van der Waals surface area contributed by atoms with E-state index in [2.05, 4.69) is 15.5 Å². The number of anilines is 1. The molecule has 1 saturated heterocycles. The fourth-order valence-electron chi connectivity index (χ4n) is 3.41. The minimum Gasteiger partial charge on any atom is -0.379 e. The van der Waals surface area contributed by atoms with Crippen LogP contribution in [0.25, 0.3) is 0 Å². The average Bonchev–Trinajstić information content (AvgIpc) is 2.95. The summed E-state index contributed by atoms with van der Waals surface area (Å²) in [5.74, 6) is -1.71. The van der Waals surface area contributed by atoms with Crippen molar-refractivity contribution >= 4 is 23.4 Å². The lowest BCUT2D eigenvalue weighted by atomic mass is 10.1. The van der Waals surface area contributed by atoms with Crippen molar-refractivity contribution in [3.05, 3.63) is 29.8 Å². The first kappa shape index (κ1) is 19.3. The maximum Gasteiger partial charge on any atom is 0.310 e. The van der Waals surface area contributed by atoms with E-state index in [-0.39, 0.29) is 5.91 Å². The van der Waals surface area contributed by atoms with Crippen LogP contribution in [-0.4, -0.2) is 68.6 Å². The Morgan fingerprint density at radius 2 is 1.89 bits per heavy atom. The zero-order valence-corrected chi connectivity index (χ0v) is 15.6. The van der Waals surface area contributed by atoms with Crippen LogP contribution in [0.1, 0.15) is 24.9 Å². The molecule has 2 aliphatic rings. The largest absolute Gasteiger partial charge is 0.379 e. The van der Waals surface area contributed by atoms with Gasteiger partial charge in [-0.1, -0.05) is 25.1 Å². The van der Waals surface area contributed by atoms with Crippen LogP contribution < -0.4 is 15.5 Å². The molecule has 0 spiro atoms. The third-order valence-corrected chi connectivity index (χ3v) is 4.80. The Balaban J connectivity index is 1.55. The minimum atomic E-state index is -0.815. The van der Waals surface area contributed by atoms with Gasteiger partial charge < -0.3 is 20.3 Å². The molecule has 3 rings (SSSR count). The van der Waals surface area contributed by atoms with Crippen molar-refractivity contribution in [3.63, 3.8) is 0 Å². The second kappa shape index (κ2) is 8.96. The SMILES string of the molecule is CCCN1C(=O)C(NC(=O)C(=O)NCCN2CCOCC2)c2ccccc21. The molecule has 0 saturated carbocycles. The van der Waals surface area contributed by atoms with Gasteiger partial charge in [0.2, 0.25) is 0 Å². The van der Waals surface area contributed by atoms with Gasteiger partial charge in [-0.15, -0.1) is 0 Å². The molecule has 0 aliphatic carbocycles. The summed E-state index contributed by atoms with van der Waals surface area (Å²) >= 11 is 0. The highest BCUT2D eigenvalue weighted by molar-refractivity contribution is 6.35. The van der Waals surface area contributed by atoms with Gasteiger partial charge in [0.05, 0.1) is 13.2 Å². The minimum absolute atomic E-state index is 0.201. The number of benzene rings is 1. The van der Waals surface area contributed by atoms with Crippen LogP contribution in [0.15, 0.2) is 24.3 Å². The van der Waals surface area contributed by atoms with Gasteiger partial charge in [-0.2, -0.15) is 0 Å². The maximum absolute atomic E-state index is 12.7. The summed E-state index contributed by atoms with van der Waals surface area (Å²) in [6.45, 7) is 6.63. The van der Waals surface area contributed by atoms with Crippen molar-refractivity contribution in [1.29, 1.82) is 0 Å². The molecule has 1 fully saturated rings. The summed E-state index contributed by atoms with van der Waals surface area (Å²) < 4.78 is 5.28. The van der Waals surface area contributed by atoms with Gasteiger partial charge in [0.25, 0.3) is 5.91 Å². The average molecular weight is 374 g/mol. The smallest absolute Gasteiger partial charge is 0.310 e. The lowest BCUT2D eigenvalue weighted by Crippen LogP contribution is -2.47. The summed E-state index contributed by atoms with van der Waals surface area (Å²) in [4.78, 5) is 40.9. The fourth-order valence-corrected chi connectivity index (χ4v) is 3.41. The van der Waals surface area contributed by atoms with Crippen LogP contribution in [-0.2, 0) is 19.1 Å². The third kappa shape index (κ3) is 4.45. The Kier molecular flexibility index (Phi) is 6.41. The molecule has 1 atom stereocenters. The summed E-state index contributed by atoms with van der Waals surface area (Å²) in [7, 11) is 0. The van der Waals surface area contributed by atoms with Crippen LogP contribution in [0.4, 0.5) is 5.69 Å². The van der Waals surface area contributed by atoms with Crippen LogP contribution in [0.2, 0.25) is 0 Å². The Morgan fingerprint density at radius 1 is 1.15 bits per heavy atom. The zero-order chi connectivity index (χ0) is 19.2. The molecule has 8 heteroatoms. The van der Waals surface area contributed by atoms with Gasteiger partial charge in [0.15, 0.2) is 0 Å². The molecule has 2 N–H and O–H groups in total. The number of carbonyl (C=O) groups excluding carboxylic acids is 3. The first-order valence-electron chi connectivity index (χ1n) is 9.41. The van der Waals surface area contributed by atoms with E-state index in [1.807, 2.05) is 31.2 Å². The van der Waals surface area contributed by atoms with Crippen molar-refractivity contribution < 1.29 is 19.1 Å². The summed E-state index contributed by atoms with van der Waals surface area (Å²) in [5.41, 5.74) is 1.52. The Hall–Kier alpha value is -2.45. The molecule has 2 heterocycles. The summed E-state index contributed by atoms with van der Waals surface area (Å²) in [5, 5.41) is 5.21. The van der Waals surface area contributed by atoms with Gasteiger partial charge in [0, 0.05) is 44.0 Å². The number of fused-ring (bicyclic) bond motifs is 1. The summed E-state index contributed by atoms with van der Waals surface area (Å²) in [6.07, 6.45) is 0.808. The van der Waals surface area contributed by atoms with Gasteiger partial charge in [-0.25, -0.2) is 0 Å². The van der Waals surface area contributed by atoms with Gasteiger partial charge in [-0.3, -0.25) is 19.3 Å². The number of nitrogens with zero attached hydrogens (tertiary/aromatic N) is 2. The maximum atomic E-state index is 12.7. The van der Waals surface area contributed by atoms with Crippen molar-refractivity contribution in [1.82, 2.24) is 15.5 Å². The topological polar surface area (TPSA) is 91.0 Å². The van der Waals surface area contributed by atoms with E-state index < -0.39 is 17.9 Å². The molecule has 146 valence electrons. The van der Waals surface area contributed by atoms with Crippen molar-refractivity contribution in [3.8, 4) is 0 Å². The lowest BCUT2D eigenvalue weighted by Gasteiger charge is -2.26. The molecule has 3 amide bonds. The Bertz CT molecular complexity index is 703. The van der Waals surface area contributed by atoms with Crippen LogP contribution in [0.3, 0.4) is 0 Å². The normalized spacial score (nSPS) is 19.7. The Morgan fingerprint density at radius 3 is 2.63 bits per heavy atom. The van der Waals surface area contributed by atoms with Crippen molar-refractivity contribution in [2.45, 2.75) is 19.4 Å². The van der Waals surface area contributed by atoms with Crippen molar-refractivity contribution in [2.24, 2.45) is 0 Å². The van der Waals surface area contributed by atoms with Crippen LogP contribution in [0, 0.1) is 0 Å². The second-order valence-electron chi connectivity index (χ2n) is 6.67. The van der Waals surface area contributed by atoms with Crippen LogP contribution in [0.5, 0.6) is 0 Å². The van der Waals surface area contributed by atoms with E-state index in [9.17, 15) is 14.4 Å². The molecular formula is C19H26N4O4. The number of para-hydroxylation sites is 1. The predicted molar refractivity (Wildman–Crippen MR) is 100 cm³/mol. The molecule has 8 nitrogen and oxygen atoms in total. The molecule has 27 heavy (non-hydrogen) atoms. The van der Waals surface area contributed by atoms with E-state index in [4.69, 9.17) is 4.74 Å². The third-order valence-electron chi connectivity index (χ3n) is 4.80. The van der Waals surface area contributed by atoms with Gasteiger partial charge in [0.1, 0.15) is 6.04 Å². The van der Waals surface area contributed by atoms with Crippen LogP contribution >= 0.6 is 0 Å². The predicted octanol–water partition coefficient (Wildman–Crippen LogP) is 0.0489. The number of nitrogens with one attached hydrogen (secondary N) is 2. The number of rotatable bonds is 6. The molecule has 2 aliphatic heterocycles. The van der Waals surface area contributed by atoms with Crippen molar-refractivity contribution in [2.75, 3.05) is 50.8 Å². The van der Waals surface area contributed by atoms with E-state index in [0.29, 0.717) is 32.8 Å². The standard InChI is InChI=1S/C19H26N4O4/c1-2-8-23-15-6-4-3-5-14(15)16(19(23)26)21-18(25)17(24)20-7-9-22-10-12-27-13-11-22/h3-6,16H,2,7-13H2,1H3,(H,20,24)(H,21,25). The fraction of sp³-hybridized carbons (Fsp3) is 0.526. The number of ether oxygens (including phenoxy) is 1. The lowest BCUT2D eigenvalue weighted by molar-refractivity contribution is -0.140. The number of carbonyl (C=O) groups is 3. The highest BCUT2D eigenvalue weighted by Gasteiger charge is 2.38. The number of hydrogen-bond acceptors (Lipinski definition) is 5.